The quantitative estimate of drug-likeness (QED) is 0.730. The van der Waals surface area contributed by atoms with E-state index in [0.717, 1.165) is 18.2 Å². The monoisotopic (exact) mass is 454 g/mol. The summed E-state index contributed by atoms with van der Waals surface area (Å²) in [5.74, 6) is 0. The van der Waals surface area contributed by atoms with Crippen LogP contribution in [0.4, 0.5) is 24.5 Å². The Labute approximate surface area is 170 Å². The third kappa shape index (κ3) is 4.65. The van der Waals surface area contributed by atoms with E-state index in [1.54, 1.807) is 4.90 Å². The molecule has 0 aliphatic carbocycles. The Bertz CT molecular complexity index is 978. The van der Waals surface area contributed by atoms with Gasteiger partial charge in [0.15, 0.2) is 0 Å². The van der Waals surface area contributed by atoms with Crippen LogP contribution in [0.15, 0.2) is 41.3 Å². The number of anilines is 2. The van der Waals surface area contributed by atoms with Gasteiger partial charge in [0.25, 0.3) is 10.0 Å². The molecule has 152 valence electrons. The van der Waals surface area contributed by atoms with Gasteiger partial charge in [-0.05, 0) is 36.4 Å². The third-order valence-electron chi connectivity index (χ3n) is 4.12. The standard InChI is InChI=1S/C17H15Cl2F3N2O3S/c18-13-3-2-12(10-14(13)19)28(25,26)23-15-9-11(17(20,21)22)1-4-16(15)24-5-7-27-8-6-24/h1-4,9-10,23H,5-8H2. The Morgan fingerprint density at radius 3 is 2.29 bits per heavy atom. The van der Waals surface area contributed by atoms with Crippen LogP contribution in [0.25, 0.3) is 0 Å². The summed E-state index contributed by atoms with van der Waals surface area (Å²) in [6.45, 7) is 1.62. The molecule has 0 bridgehead atoms. The largest absolute Gasteiger partial charge is 0.416 e. The Balaban J connectivity index is 2.03. The van der Waals surface area contributed by atoms with Crippen molar-refractivity contribution in [2.45, 2.75) is 11.1 Å². The van der Waals surface area contributed by atoms with Crippen LogP contribution >= 0.6 is 23.2 Å². The topological polar surface area (TPSA) is 58.6 Å². The first-order valence-electron chi connectivity index (χ1n) is 8.10. The molecular weight excluding hydrogens is 440 g/mol. The van der Waals surface area contributed by atoms with Crippen molar-refractivity contribution >= 4 is 44.6 Å². The molecule has 0 unspecified atom stereocenters. The van der Waals surface area contributed by atoms with E-state index in [1.165, 1.54) is 18.2 Å². The molecule has 0 spiro atoms. The summed E-state index contributed by atoms with van der Waals surface area (Å²) in [5, 5.41) is 0.177. The van der Waals surface area contributed by atoms with Crippen LogP contribution in [0, 0.1) is 0 Å². The lowest BCUT2D eigenvalue weighted by molar-refractivity contribution is -0.137. The van der Waals surface area contributed by atoms with E-state index in [-0.39, 0.29) is 20.6 Å². The molecule has 0 amide bonds. The first-order valence-corrected chi connectivity index (χ1v) is 10.3. The molecule has 1 saturated heterocycles. The lowest BCUT2D eigenvalue weighted by Crippen LogP contribution is -2.36. The molecule has 1 N–H and O–H groups in total. The SMILES string of the molecule is O=S(=O)(Nc1cc(C(F)(F)F)ccc1N1CCOCC1)c1ccc(Cl)c(Cl)c1. The van der Waals surface area contributed by atoms with Gasteiger partial charge in [0.1, 0.15) is 0 Å². The molecule has 0 radical (unpaired) electrons. The molecular formula is C17H15Cl2F3N2O3S. The number of hydrogen-bond acceptors (Lipinski definition) is 4. The maximum atomic E-state index is 13.2. The fourth-order valence-electron chi connectivity index (χ4n) is 2.72. The van der Waals surface area contributed by atoms with Gasteiger partial charge in [-0.3, -0.25) is 4.72 Å². The second kappa shape index (κ2) is 7.98. The van der Waals surface area contributed by atoms with Crippen molar-refractivity contribution in [3.63, 3.8) is 0 Å². The third-order valence-corrected chi connectivity index (χ3v) is 6.22. The highest BCUT2D eigenvalue weighted by Gasteiger charge is 2.32. The van der Waals surface area contributed by atoms with Gasteiger partial charge in [-0.1, -0.05) is 23.2 Å². The lowest BCUT2D eigenvalue weighted by atomic mass is 10.1. The number of halogens is 5. The summed E-state index contributed by atoms with van der Waals surface area (Å²) in [5.41, 5.74) is -0.806. The van der Waals surface area contributed by atoms with E-state index in [9.17, 15) is 21.6 Å². The number of sulfonamides is 1. The number of hydrogen-bond donors (Lipinski definition) is 1. The first kappa shape index (κ1) is 21.0. The molecule has 1 aliphatic heterocycles. The second-order valence-corrected chi connectivity index (χ2v) is 8.51. The van der Waals surface area contributed by atoms with Crippen LogP contribution in [0.3, 0.4) is 0 Å². The molecule has 1 aliphatic rings. The average Bonchev–Trinajstić information content (AvgIpc) is 2.63. The van der Waals surface area contributed by atoms with Gasteiger partial charge in [0, 0.05) is 13.1 Å². The molecule has 28 heavy (non-hydrogen) atoms. The number of nitrogens with zero attached hydrogens (tertiary/aromatic N) is 1. The van der Waals surface area contributed by atoms with Crippen LogP contribution in [0.1, 0.15) is 5.56 Å². The first-order chi connectivity index (χ1) is 13.1. The van der Waals surface area contributed by atoms with Crippen LogP contribution in [-0.2, 0) is 20.9 Å². The van der Waals surface area contributed by atoms with Gasteiger partial charge in [0.2, 0.25) is 0 Å². The number of alkyl halides is 3. The van der Waals surface area contributed by atoms with Crippen LogP contribution in [0.5, 0.6) is 0 Å². The number of morpholine rings is 1. The molecule has 11 heteroatoms. The zero-order valence-corrected chi connectivity index (χ0v) is 16.6. The Morgan fingerprint density at radius 2 is 1.68 bits per heavy atom. The molecule has 5 nitrogen and oxygen atoms in total. The van der Waals surface area contributed by atoms with Crippen LogP contribution < -0.4 is 9.62 Å². The number of rotatable bonds is 4. The molecule has 0 atom stereocenters. The summed E-state index contributed by atoms with van der Waals surface area (Å²) in [4.78, 5) is 1.54. The predicted octanol–water partition coefficient (Wildman–Crippen LogP) is 4.65. The number of nitrogens with one attached hydrogen (secondary N) is 1. The zero-order chi connectivity index (χ0) is 20.5. The Kier molecular flexibility index (Phi) is 6.00. The van der Waals surface area contributed by atoms with E-state index in [2.05, 4.69) is 4.72 Å². The lowest BCUT2D eigenvalue weighted by Gasteiger charge is -2.31. The molecule has 3 rings (SSSR count). The van der Waals surface area contributed by atoms with Crippen LogP contribution in [-0.4, -0.2) is 34.7 Å². The summed E-state index contributed by atoms with van der Waals surface area (Å²) in [6, 6.07) is 6.60. The number of benzene rings is 2. The number of ether oxygens (including phenoxy) is 1. The van der Waals surface area contributed by atoms with E-state index in [4.69, 9.17) is 27.9 Å². The van der Waals surface area contributed by atoms with Crippen molar-refractivity contribution in [1.29, 1.82) is 0 Å². The highest BCUT2D eigenvalue weighted by molar-refractivity contribution is 7.92. The Hall–Kier alpha value is -1.68. The van der Waals surface area contributed by atoms with Crippen molar-refractivity contribution in [2.24, 2.45) is 0 Å². The minimum absolute atomic E-state index is 0.0157. The molecule has 2 aromatic rings. The molecule has 0 saturated carbocycles. The Morgan fingerprint density at radius 1 is 1.00 bits per heavy atom. The van der Waals surface area contributed by atoms with Crippen molar-refractivity contribution in [1.82, 2.24) is 0 Å². The fraction of sp³-hybridized carbons (Fsp3) is 0.294. The summed E-state index contributed by atoms with van der Waals surface area (Å²) >= 11 is 11.7. The minimum atomic E-state index is -4.62. The summed E-state index contributed by atoms with van der Waals surface area (Å²) in [7, 11) is -4.19. The van der Waals surface area contributed by atoms with Crippen molar-refractivity contribution in [2.75, 3.05) is 35.9 Å². The van der Waals surface area contributed by atoms with Gasteiger partial charge < -0.3 is 9.64 Å². The van der Waals surface area contributed by atoms with Crippen molar-refractivity contribution in [3.8, 4) is 0 Å². The fourth-order valence-corrected chi connectivity index (χ4v) is 4.18. The van der Waals surface area contributed by atoms with E-state index < -0.39 is 21.8 Å². The van der Waals surface area contributed by atoms with Gasteiger partial charge >= 0.3 is 6.18 Å². The van der Waals surface area contributed by atoms with Crippen molar-refractivity contribution < 1.29 is 26.3 Å². The normalized spacial score (nSPS) is 15.5. The summed E-state index contributed by atoms with van der Waals surface area (Å²) < 4.78 is 72.4. The van der Waals surface area contributed by atoms with Crippen molar-refractivity contribution in [3.05, 3.63) is 52.0 Å². The van der Waals surface area contributed by atoms with Crippen LogP contribution in [0.2, 0.25) is 10.0 Å². The maximum Gasteiger partial charge on any atom is 0.416 e. The van der Waals surface area contributed by atoms with Gasteiger partial charge in [-0.15, -0.1) is 0 Å². The average molecular weight is 455 g/mol. The zero-order valence-electron chi connectivity index (χ0n) is 14.3. The van der Waals surface area contributed by atoms with E-state index in [1.807, 2.05) is 0 Å². The van der Waals surface area contributed by atoms with E-state index in [0.29, 0.717) is 32.0 Å². The highest BCUT2D eigenvalue weighted by Crippen LogP contribution is 2.37. The predicted molar refractivity (Wildman–Crippen MR) is 102 cm³/mol. The molecule has 0 aromatic heterocycles. The van der Waals surface area contributed by atoms with Gasteiger partial charge in [-0.25, -0.2) is 8.42 Å². The molecule has 1 heterocycles. The van der Waals surface area contributed by atoms with Gasteiger partial charge in [-0.2, -0.15) is 13.2 Å². The highest BCUT2D eigenvalue weighted by atomic mass is 35.5. The molecule has 1 fully saturated rings. The second-order valence-electron chi connectivity index (χ2n) is 6.01. The minimum Gasteiger partial charge on any atom is -0.378 e. The molecule has 2 aromatic carbocycles. The summed E-state index contributed by atoms with van der Waals surface area (Å²) in [6.07, 6.45) is -4.62. The maximum absolute atomic E-state index is 13.2. The van der Waals surface area contributed by atoms with Gasteiger partial charge in [0.05, 0.1) is 45.1 Å². The van der Waals surface area contributed by atoms with E-state index >= 15 is 0 Å². The smallest absolute Gasteiger partial charge is 0.378 e.